The molecule has 1 saturated heterocycles. The Balaban J connectivity index is 1.99. The van der Waals surface area contributed by atoms with Crippen molar-refractivity contribution in [3.8, 4) is 0 Å². The van der Waals surface area contributed by atoms with Gasteiger partial charge in [-0.3, -0.25) is 9.59 Å². The first-order valence-electron chi connectivity index (χ1n) is 8.37. The van der Waals surface area contributed by atoms with Crippen molar-refractivity contribution in [1.82, 2.24) is 4.90 Å². The van der Waals surface area contributed by atoms with Crippen molar-refractivity contribution in [3.63, 3.8) is 0 Å². The van der Waals surface area contributed by atoms with Crippen LogP contribution in [0.3, 0.4) is 0 Å². The molecule has 23 heavy (non-hydrogen) atoms. The number of hydrogen-bond donors (Lipinski definition) is 1. The summed E-state index contributed by atoms with van der Waals surface area (Å²) in [7, 11) is 0. The van der Waals surface area contributed by atoms with Crippen molar-refractivity contribution in [2.24, 2.45) is 11.8 Å². The number of piperidine rings is 1. The first-order valence-corrected chi connectivity index (χ1v) is 8.37. The molecule has 1 N–H and O–H groups in total. The first kappa shape index (κ1) is 17.5. The lowest BCUT2D eigenvalue weighted by Gasteiger charge is -2.34. The Kier molecular flexibility index (Phi) is 5.12. The number of carbonyl (C=O) groups excluding carboxylic acids is 2. The third-order valence-electron chi connectivity index (χ3n) is 4.36. The van der Waals surface area contributed by atoms with Crippen molar-refractivity contribution in [3.05, 3.63) is 29.8 Å². The summed E-state index contributed by atoms with van der Waals surface area (Å²) in [6.07, 6.45) is 1.11. The van der Waals surface area contributed by atoms with Gasteiger partial charge in [0.15, 0.2) is 0 Å². The summed E-state index contributed by atoms with van der Waals surface area (Å²) < 4.78 is 0. The van der Waals surface area contributed by atoms with Gasteiger partial charge in [0.1, 0.15) is 0 Å². The van der Waals surface area contributed by atoms with E-state index in [4.69, 9.17) is 0 Å². The highest BCUT2D eigenvalue weighted by Gasteiger charge is 2.29. The summed E-state index contributed by atoms with van der Waals surface area (Å²) in [4.78, 5) is 26.2. The van der Waals surface area contributed by atoms with E-state index in [1.54, 1.807) is 4.90 Å². The molecule has 0 bridgehead atoms. The third kappa shape index (κ3) is 4.57. The fourth-order valence-electron chi connectivity index (χ4n) is 3.21. The van der Waals surface area contributed by atoms with Crippen LogP contribution < -0.4 is 5.32 Å². The second-order valence-electron chi connectivity index (χ2n) is 7.94. The lowest BCUT2D eigenvalue weighted by molar-refractivity contribution is -0.144. The molecule has 2 atom stereocenters. The number of benzene rings is 1. The summed E-state index contributed by atoms with van der Waals surface area (Å²) in [5.74, 6) is -0.0822. The van der Waals surface area contributed by atoms with Crippen molar-refractivity contribution < 1.29 is 9.59 Å². The van der Waals surface area contributed by atoms with Crippen LogP contribution in [0.5, 0.6) is 0 Å². The van der Waals surface area contributed by atoms with Gasteiger partial charge < -0.3 is 10.2 Å². The quantitative estimate of drug-likeness (QED) is 0.807. The molecule has 0 radical (unpaired) electrons. The molecule has 0 aliphatic carbocycles. The molecule has 1 aromatic carbocycles. The van der Waals surface area contributed by atoms with Gasteiger partial charge in [-0.15, -0.1) is 0 Å². The molecule has 1 heterocycles. The van der Waals surface area contributed by atoms with E-state index >= 15 is 0 Å². The fraction of sp³-hybridized carbons (Fsp3) is 0.579. The second kappa shape index (κ2) is 6.73. The van der Waals surface area contributed by atoms with Crippen LogP contribution in [-0.4, -0.2) is 29.8 Å². The molecule has 2 amide bonds. The molecule has 4 heteroatoms. The summed E-state index contributed by atoms with van der Waals surface area (Å²) in [5, 5.41) is 2.72. The molecular weight excluding hydrogens is 288 g/mol. The van der Waals surface area contributed by atoms with Gasteiger partial charge in [0, 0.05) is 18.8 Å². The van der Waals surface area contributed by atoms with Crippen molar-refractivity contribution >= 4 is 17.5 Å². The van der Waals surface area contributed by atoms with Crippen LogP contribution in [0.25, 0.3) is 0 Å². The largest absolute Gasteiger partial charge is 0.334 e. The molecule has 126 valence electrons. The van der Waals surface area contributed by atoms with Crippen LogP contribution in [0.4, 0.5) is 5.69 Å². The number of amides is 2. The van der Waals surface area contributed by atoms with Crippen LogP contribution in [0, 0.1) is 11.8 Å². The Morgan fingerprint density at radius 1 is 1.04 bits per heavy atom. The van der Waals surface area contributed by atoms with Gasteiger partial charge in [-0.2, -0.15) is 0 Å². The SMILES string of the molecule is CC1CC(C)CN(C(=O)C(=O)Nc2ccc(C(C)(C)C)cc2)C1. The van der Waals surface area contributed by atoms with Gasteiger partial charge in [0.2, 0.25) is 0 Å². The van der Waals surface area contributed by atoms with Crippen LogP contribution in [0.1, 0.15) is 46.6 Å². The number of carbonyl (C=O) groups is 2. The van der Waals surface area contributed by atoms with Gasteiger partial charge >= 0.3 is 11.8 Å². The monoisotopic (exact) mass is 316 g/mol. The highest BCUT2D eigenvalue weighted by atomic mass is 16.2. The zero-order valence-corrected chi connectivity index (χ0v) is 14.8. The summed E-state index contributed by atoms with van der Waals surface area (Å²) >= 11 is 0. The lowest BCUT2D eigenvalue weighted by atomic mass is 9.87. The van der Waals surface area contributed by atoms with Crippen molar-refractivity contribution in [2.45, 2.75) is 46.5 Å². The number of rotatable bonds is 1. The van der Waals surface area contributed by atoms with E-state index in [1.165, 1.54) is 5.56 Å². The molecule has 1 fully saturated rings. The maximum atomic E-state index is 12.3. The molecule has 0 spiro atoms. The number of hydrogen-bond acceptors (Lipinski definition) is 2. The molecule has 1 aliphatic heterocycles. The summed E-state index contributed by atoms with van der Waals surface area (Å²) in [6.45, 7) is 12.0. The molecule has 0 aromatic heterocycles. The highest BCUT2D eigenvalue weighted by molar-refractivity contribution is 6.39. The Bertz CT molecular complexity index is 562. The number of anilines is 1. The molecular formula is C19H28N2O2. The van der Waals surface area contributed by atoms with E-state index in [0.717, 1.165) is 6.42 Å². The maximum Gasteiger partial charge on any atom is 0.313 e. The Morgan fingerprint density at radius 2 is 1.57 bits per heavy atom. The van der Waals surface area contributed by atoms with Gasteiger partial charge in [-0.05, 0) is 41.4 Å². The van der Waals surface area contributed by atoms with E-state index in [9.17, 15) is 9.59 Å². The highest BCUT2D eigenvalue weighted by Crippen LogP contribution is 2.24. The Labute approximate surface area is 139 Å². The van der Waals surface area contributed by atoms with Crippen LogP contribution >= 0.6 is 0 Å². The number of likely N-dealkylation sites (tertiary alicyclic amines) is 1. The first-order chi connectivity index (χ1) is 10.7. The van der Waals surface area contributed by atoms with Gasteiger partial charge in [-0.1, -0.05) is 46.8 Å². The number of nitrogens with one attached hydrogen (secondary N) is 1. The summed E-state index contributed by atoms with van der Waals surface area (Å²) in [5.41, 5.74) is 1.92. The number of nitrogens with zero attached hydrogens (tertiary/aromatic N) is 1. The summed E-state index contributed by atoms with van der Waals surface area (Å²) in [6, 6.07) is 7.69. The minimum absolute atomic E-state index is 0.0679. The van der Waals surface area contributed by atoms with Crippen LogP contribution in [0.2, 0.25) is 0 Å². The van der Waals surface area contributed by atoms with Gasteiger partial charge in [-0.25, -0.2) is 0 Å². The molecule has 0 saturated carbocycles. The smallest absolute Gasteiger partial charge is 0.313 e. The second-order valence-corrected chi connectivity index (χ2v) is 7.94. The van der Waals surface area contributed by atoms with Gasteiger partial charge in [0.25, 0.3) is 0 Å². The predicted octanol–water partition coefficient (Wildman–Crippen LogP) is 3.43. The molecule has 4 nitrogen and oxygen atoms in total. The van der Waals surface area contributed by atoms with Crippen LogP contribution in [-0.2, 0) is 15.0 Å². The topological polar surface area (TPSA) is 49.4 Å². The third-order valence-corrected chi connectivity index (χ3v) is 4.36. The maximum absolute atomic E-state index is 12.3. The normalized spacial score (nSPS) is 21.9. The van der Waals surface area contributed by atoms with E-state index in [0.29, 0.717) is 30.6 Å². The Morgan fingerprint density at radius 3 is 2.04 bits per heavy atom. The standard InChI is InChI=1S/C19H28N2O2/c1-13-10-14(2)12-21(11-13)18(23)17(22)20-16-8-6-15(7-9-16)19(3,4)5/h6-9,13-14H,10-12H2,1-5H3,(H,20,22). The van der Waals surface area contributed by atoms with E-state index in [2.05, 4.69) is 39.9 Å². The molecule has 1 aromatic rings. The van der Waals surface area contributed by atoms with E-state index < -0.39 is 11.8 Å². The average molecular weight is 316 g/mol. The average Bonchev–Trinajstić information content (AvgIpc) is 2.45. The van der Waals surface area contributed by atoms with Crippen molar-refractivity contribution in [1.29, 1.82) is 0 Å². The Hall–Kier alpha value is -1.84. The zero-order valence-electron chi connectivity index (χ0n) is 14.8. The van der Waals surface area contributed by atoms with E-state index in [1.807, 2.05) is 24.3 Å². The van der Waals surface area contributed by atoms with Crippen molar-refractivity contribution in [2.75, 3.05) is 18.4 Å². The fourth-order valence-corrected chi connectivity index (χ4v) is 3.21. The predicted molar refractivity (Wildman–Crippen MR) is 93.3 cm³/mol. The van der Waals surface area contributed by atoms with Crippen LogP contribution in [0.15, 0.2) is 24.3 Å². The minimum atomic E-state index is -0.546. The lowest BCUT2D eigenvalue weighted by Crippen LogP contribution is -2.47. The molecule has 1 aliphatic rings. The molecule has 2 unspecified atom stereocenters. The van der Waals surface area contributed by atoms with E-state index in [-0.39, 0.29) is 5.41 Å². The zero-order chi connectivity index (χ0) is 17.2. The van der Waals surface area contributed by atoms with Gasteiger partial charge in [0.05, 0.1) is 0 Å². The minimum Gasteiger partial charge on any atom is -0.334 e. The molecule has 2 rings (SSSR count).